The molecule has 0 bridgehead atoms. The van der Waals surface area contributed by atoms with Gasteiger partial charge in [-0.1, -0.05) is 6.07 Å². The molecule has 0 aliphatic rings. The summed E-state index contributed by atoms with van der Waals surface area (Å²) in [4.78, 5) is 63.7. The van der Waals surface area contributed by atoms with E-state index in [9.17, 15) is 24.0 Å². The van der Waals surface area contributed by atoms with Gasteiger partial charge in [0.05, 0.1) is 7.11 Å². The number of rotatable bonds is 12. The minimum Gasteiger partial charge on any atom is -0.467 e. The van der Waals surface area contributed by atoms with E-state index in [2.05, 4.69) is 31.0 Å². The molecule has 0 fully saturated rings. The van der Waals surface area contributed by atoms with Crippen LogP contribution in [0.15, 0.2) is 24.4 Å². The Morgan fingerprint density at radius 1 is 0.969 bits per heavy atom. The molecule has 11 heteroatoms. The van der Waals surface area contributed by atoms with E-state index in [1.165, 1.54) is 34.1 Å². The molecular weight excluding hydrogens is 418 g/mol. The summed E-state index contributed by atoms with van der Waals surface area (Å²) in [6, 6.07) is 2.37. The molecule has 1 aromatic rings. The third-order valence-electron chi connectivity index (χ3n) is 4.46. The summed E-state index contributed by atoms with van der Waals surface area (Å²) >= 11 is 0. The summed E-state index contributed by atoms with van der Waals surface area (Å²) in [5.74, 6) is -2.38. The summed E-state index contributed by atoms with van der Waals surface area (Å²) in [7, 11) is 1.21. The Kier molecular flexibility index (Phi) is 11.4. The predicted molar refractivity (Wildman–Crippen MR) is 115 cm³/mol. The quantitative estimate of drug-likeness (QED) is 0.251. The van der Waals surface area contributed by atoms with E-state index in [0.29, 0.717) is 25.1 Å². The molecule has 1 aromatic heterocycles. The van der Waals surface area contributed by atoms with Crippen molar-refractivity contribution in [2.45, 2.75) is 58.2 Å². The molecule has 0 aliphatic heterocycles. The van der Waals surface area contributed by atoms with Crippen molar-refractivity contribution in [1.29, 1.82) is 0 Å². The number of nitrogens with zero attached hydrogens (tertiary/aromatic N) is 1. The van der Waals surface area contributed by atoms with Crippen LogP contribution in [-0.2, 0) is 23.9 Å². The number of hydrogen-bond acceptors (Lipinski definition) is 7. The van der Waals surface area contributed by atoms with Gasteiger partial charge in [-0.25, -0.2) is 4.79 Å². The lowest BCUT2D eigenvalue weighted by Crippen LogP contribution is -2.54. The molecule has 32 heavy (non-hydrogen) atoms. The van der Waals surface area contributed by atoms with Crippen molar-refractivity contribution in [3.63, 3.8) is 0 Å². The lowest BCUT2D eigenvalue weighted by Gasteiger charge is -2.22. The Labute approximate surface area is 187 Å². The zero-order valence-corrected chi connectivity index (χ0v) is 18.8. The molecule has 0 unspecified atom stereocenters. The summed E-state index contributed by atoms with van der Waals surface area (Å²) in [5.41, 5.74) is 0.306. The van der Waals surface area contributed by atoms with Crippen molar-refractivity contribution in [3.8, 4) is 0 Å². The van der Waals surface area contributed by atoms with Crippen LogP contribution in [0, 0.1) is 0 Å². The maximum absolute atomic E-state index is 12.6. The van der Waals surface area contributed by atoms with Gasteiger partial charge in [-0.05, 0) is 45.2 Å². The average Bonchev–Trinajstić information content (AvgIpc) is 2.77. The van der Waals surface area contributed by atoms with E-state index < -0.39 is 35.9 Å². The second kappa shape index (κ2) is 13.7. The molecular formula is C21H31N5O6. The molecule has 0 aromatic carbocycles. The minimum absolute atomic E-state index is 0.262. The van der Waals surface area contributed by atoms with Crippen molar-refractivity contribution < 1.29 is 28.7 Å². The van der Waals surface area contributed by atoms with Gasteiger partial charge >= 0.3 is 5.97 Å². The van der Waals surface area contributed by atoms with Gasteiger partial charge < -0.3 is 26.0 Å². The number of ether oxygens (including phenoxy) is 1. The highest BCUT2D eigenvalue weighted by molar-refractivity contribution is 5.93. The first-order chi connectivity index (χ1) is 15.1. The molecule has 0 aliphatic carbocycles. The Morgan fingerprint density at radius 2 is 1.69 bits per heavy atom. The Hall–Kier alpha value is -3.50. The number of carbonyl (C=O) groups is 5. The number of pyridine rings is 1. The molecule has 0 radical (unpaired) electrons. The normalized spacial score (nSPS) is 13.1. The van der Waals surface area contributed by atoms with Gasteiger partial charge in [0.15, 0.2) is 0 Å². The highest BCUT2D eigenvalue weighted by Gasteiger charge is 2.26. The number of carbonyl (C=O) groups excluding carboxylic acids is 5. The third kappa shape index (κ3) is 9.54. The van der Waals surface area contributed by atoms with Gasteiger partial charge in [0.2, 0.25) is 17.7 Å². The summed E-state index contributed by atoms with van der Waals surface area (Å²) < 4.78 is 4.59. The topological polar surface area (TPSA) is 156 Å². The first kappa shape index (κ1) is 26.5. The lowest BCUT2D eigenvalue weighted by molar-refractivity contribution is -0.144. The molecule has 11 nitrogen and oxygen atoms in total. The van der Waals surface area contributed by atoms with Crippen LogP contribution < -0.4 is 21.3 Å². The van der Waals surface area contributed by atoms with Crippen molar-refractivity contribution in [3.05, 3.63) is 30.1 Å². The van der Waals surface area contributed by atoms with Crippen LogP contribution in [0.2, 0.25) is 0 Å². The van der Waals surface area contributed by atoms with Crippen LogP contribution in [0.4, 0.5) is 0 Å². The van der Waals surface area contributed by atoms with Gasteiger partial charge in [-0.2, -0.15) is 0 Å². The van der Waals surface area contributed by atoms with E-state index in [0.717, 1.165) is 0 Å². The van der Waals surface area contributed by atoms with Crippen molar-refractivity contribution in [2.75, 3.05) is 13.7 Å². The largest absolute Gasteiger partial charge is 0.467 e. The minimum atomic E-state index is -0.933. The van der Waals surface area contributed by atoms with Crippen molar-refractivity contribution in [2.24, 2.45) is 0 Å². The average molecular weight is 450 g/mol. The van der Waals surface area contributed by atoms with E-state index >= 15 is 0 Å². The smallest absolute Gasteiger partial charge is 0.328 e. The Bertz CT molecular complexity index is 801. The summed E-state index contributed by atoms with van der Waals surface area (Å²) in [6.45, 7) is 4.61. The second-order valence-electron chi connectivity index (χ2n) is 7.20. The molecule has 1 heterocycles. The first-order valence-corrected chi connectivity index (χ1v) is 10.3. The maximum atomic E-state index is 12.6. The van der Waals surface area contributed by atoms with Crippen LogP contribution in [0.25, 0.3) is 0 Å². The number of unbranched alkanes of at least 4 members (excludes halogenated alkanes) is 1. The molecule has 1 rings (SSSR count). The molecule has 4 amide bonds. The summed E-state index contributed by atoms with van der Waals surface area (Å²) in [6.07, 6.45) is 2.84. The van der Waals surface area contributed by atoms with Crippen LogP contribution in [0.3, 0.4) is 0 Å². The van der Waals surface area contributed by atoms with E-state index in [4.69, 9.17) is 0 Å². The molecule has 176 valence electrons. The van der Waals surface area contributed by atoms with Gasteiger partial charge in [0.25, 0.3) is 5.91 Å². The van der Waals surface area contributed by atoms with E-state index in [1.54, 1.807) is 18.2 Å². The highest BCUT2D eigenvalue weighted by atomic mass is 16.5. The number of methoxy groups -OCH3 is 1. The monoisotopic (exact) mass is 449 g/mol. The lowest BCUT2D eigenvalue weighted by atomic mass is 10.1. The number of nitrogens with one attached hydrogen (secondary N) is 4. The second-order valence-corrected chi connectivity index (χ2v) is 7.20. The first-order valence-electron chi connectivity index (χ1n) is 10.3. The van der Waals surface area contributed by atoms with E-state index in [-0.39, 0.29) is 18.2 Å². The molecule has 0 saturated heterocycles. The van der Waals surface area contributed by atoms with E-state index in [1.807, 2.05) is 0 Å². The van der Waals surface area contributed by atoms with Crippen LogP contribution in [-0.4, -0.2) is 66.4 Å². The van der Waals surface area contributed by atoms with Gasteiger partial charge in [-0.3, -0.25) is 24.2 Å². The van der Waals surface area contributed by atoms with Crippen LogP contribution in [0.1, 0.15) is 50.5 Å². The molecule has 3 atom stereocenters. The Balaban J connectivity index is 2.62. The van der Waals surface area contributed by atoms with Crippen molar-refractivity contribution >= 4 is 29.6 Å². The molecule has 0 spiro atoms. The third-order valence-corrected chi connectivity index (χ3v) is 4.46. The highest BCUT2D eigenvalue weighted by Crippen LogP contribution is 2.04. The zero-order valence-electron chi connectivity index (χ0n) is 18.8. The van der Waals surface area contributed by atoms with Gasteiger partial charge in [0.1, 0.15) is 23.8 Å². The number of amides is 4. The SMILES string of the molecule is COC(=O)[C@H](C)NC(=O)[C@H](CCCCNC(=O)c1ccccn1)NC(=O)[C@H](C)NC(C)=O. The Morgan fingerprint density at radius 3 is 2.28 bits per heavy atom. The predicted octanol–water partition coefficient (Wildman–Crippen LogP) is -0.331. The summed E-state index contributed by atoms with van der Waals surface area (Å²) in [5, 5.41) is 10.3. The standard InChI is InChI=1S/C21H31N5O6/c1-13(24-15(3)27)18(28)26-17(20(30)25-14(2)21(31)32-4)10-6-8-12-23-19(29)16-9-5-7-11-22-16/h5,7,9,11,13-14,17H,6,8,10,12H2,1-4H3,(H,23,29)(H,24,27)(H,25,30)(H,26,28)/t13-,14-,17-/m0/s1. The fourth-order valence-electron chi connectivity index (χ4n) is 2.75. The fourth-order valence-corrected chi connectivity index (χ4v) is 2.75. The molecule has 4 N–H and O–H groups in total. The fraction of sp³-hybridized carbons (Fsp3) is 0.524. The number of aromatic nitrogens is 1. The van der Waals surface area contributed by atoms with Gasteiger partial charge in [0, 0.05) is 19.7 Å². The molecule has 0 saturated carbocycles. The van der Waals surface area contributed by atoms with Crippen molar-refractivity contribution in [1.82, 2.24) is 26.3 Å². The van der Waals surface area contributed by atoms with Crippen LogP contribution >= 0.6 is 0 Å². The zero-order chi connectivity index (χ0) is 24.1. The number of esters is 1. The van der Waals surface area contributed by atoms with Crippen LogP contribution in [0.5, 0.6) is 0 Å². The van der Waals surface area contributed by atoms with Gasteiger partial charge in [-0.15, -0.1) is 0 Å². The maximum Gasteiger partial charge on any atom is 0.328 e. The number of hydrogen-bond donors (Lipinski definition) is 4.